The van der Waals surface area contributed by atoms with Gasteiger partial charge in [-0.1, -0.05) is 19.1 Å². The maximum atomic E-state index is 12.1. The van der Waals surface area contributed by atoms with E-state index >= 15 is 0 Å². The van der Waals surface area contributed by atoms with E-state index in [1.807, 2.05) is 13.8 Å². The predicted octanol–water partition coefficient (Wildman–Crippen LogP) is 3.28. The molecule has 0 unspecified atom stereocenters. The van der Waals surface area contributed by atoms with Crippen LogP contribution in [0.4, 0.5) is 5.13 Å². The minimum Gasteiger partial charge on any atom is -0.507 e. The normalized spacial score (nSPS) is 10.5. The van der Waals surface area contributed by atoms with E-state index in [1.165, 1.54) is 11.3 Å². The van der Waals surface area contributed by atoms with Crippen molar-refractivity contribution < 1.29 is 9.90 Å². The molecule has 2 N–H and O–H groups in total. The van der Waals surface area contributed by atoms with Crippen LogP contribution in [0, 0.1) is 13.8 Å². The Morgan fingerprint density at radius 2 is 2.16 bits per heavy atom. The van der Waals surface area contributed by atoms with Crippen molar-refractivity contribution in [2.75, 3.05) is 5.32 Å². The molecule has 0 aliphatic heterocycles. The molecule has 0 atom stereocenters. The topological polar surface area (TPSA) is 62.2 Å². The highest BCUT2D eigenvalue weighted by Gasteiger charge is 2.15. The van der Waals surface area contributed by atoms with Gasteiger partial charge in [-0.25, -0.2) is 4.98 Å². The molecular formula is C14H16N2O2S. The molecule has 0 bridgehead atoms. The van der Waals surface area contributed by atoms with Crippen LogP contribution in [0.5, 0.6) is 5.75 Å². The number of hydrogen-bond donors (Lipinski definition) is 2. The lowest BCUT2D eigenvalue weighted by Crippen LogP contribution is -2.12. The monoisotopic (exact) mass is 276 g/mol. The van der Waals surface area contributed by atoms with E-state index in [1.54, 1.807) is 25.1 Å². The summed E-state index contributed by atoms with van der Waals surface area (Å²) in [6, 6.07) is 5.10. The maximum Gasteiger partial charge on any atom is 0.261 e. The highest BCUT2D eigenvalue weighted by molar-refractivity contribution is 7.15. The molecule has 0 saturated heterocycles. The molecule has 0 spiro atoms. The minimum absolute atomic E-state index is 0.0176. The number of carbonyl (C=O) groups is 1. The third-order valence-corrected chi connectivity index (χ3v) is 3.86. The van der Waals surface area contributed by atoms with Crippen LogP contribution >= 0.6 is 11.3 Å². The molecule has 0 aliphatic rings. The van der Waals surface area contributed by atoms with Gasteiger partial charge in [0.1, 0.15) is 5.75 Å². The Morgan fingerprint density at radius 3 is 2.79 bits per heavy atom. The smallest absolute Gasteiger partial charge is 0.261 e. The van der Waals surface area contributed by atoms with Crippen LogP contribution in [0.2, 0.25) is 0 Å². The lowest BCUT2D eigenvalue weighted by molar-refractivity contribution is 0.102. The van der Waals surface area contributed by atoms with E-state index in [2.05, 4.69) is 10.3 Å². The van der Waals surface area contributed by atoms with Gasteiger partial charge in [0.25, 0.3) is 5.91 Å². The summed E-state index contributed by atoms with van der Waals surface area (Å²) < 4.78 is 0. The first-order valence-corrected chi connectivity index (χ1v) is 6.90. The van der Waals surface area contributed by atoms with Gasteiger partial charge in [-0.05, 0) is 31.9 Å². The number of carbonyl (C=O) groups excluding carboxylic acids is 1. The van der Waals surface area contributed by atoms with Crippen LogP contribution in [0.3, 0.4) is 0 Å². The number of hydrogen-bond acceptors (Lipinski definition) is 4. The number of phenolic OH excluding ortho intramolecular Hbond substituents is 1. The van der Waals surface area contributed by atoms with Gasteiger partial charge in [-0.3, -0.25) is 10.1 Å². The number of thiazole rings is 1. The second kappa shape index (κ2) is 5.40. The zero-order valence-corrected chi connectivity index (χ0v) is 12.0. The molecule has 5 heteroatoms. The second-order valence-corrected chi connectivity index (χ2v) is 5.50. The summed E-state index contributed by atoms with van der Waals surface area (Å²) in [7, 11) is 0. The van der Waals surface area contributed by atoms with Crippen LogP contribution in [0.15, 0.2) is 18.2 Å². The second-order valence-electron chi connectivity index (χ2n) is 4.30. The number of benzene rings is 1. The Hall–Kier alpha value is -1.88. The van der Waals surface area contributed by atoms with Crippen molar-refractivity contribution in [3.8, 4) is 5.75 Å². The minimum atomic E-state index is -0.336. The summed E-state index contributed by atoms with van der Waals surface area (Å²) in [5.74, 6) is -0.318. The molecular weight excluding hydrogens is 260 g/mol. The van der Waals surface area contributed by atoms with Crippen molar-refractivity contribution >= 4 is 22.4 Å². The fourth-order valence-corrected chi connectivity index (χ4v) is 2.71. The zero-order valence-electron chi connectivity index (χ0n) is 11.2. The molecule has 0 aliphatic carbocycles. The van der Waals surface area contributed by atoms with Gasteiger partial charge in [0.05, 0.1) is 11.3 Å². The average molecular weight is 276 g/mol. The fraction of sp³-hybridized carbons (Fsp3) is 0.286. The van der Waals surface area contributed by atoms with Gasteiger partial charge in [0, 0.05) is 4.88 Å². The number of para-hydroxylation sites is 1. The highest BCUT2D eigenvalue weighted by atomic mass is 32.1. The predicted molar refractivity (Wildman–Crippen MR) is 77.0 cm³/mol. The number of anilines is 1. The average Bonchev–Trinajstić information content (AvgIpc) is 2.72. The Bertz CT molecular complexity index is 620. The number of aryl methyl sites for hydroxylation is 3. The quantitative estimate of drug-likeness (QED) is 0.904. The van der Waals surface area contributed by atoms with Crippen LogP contribution < -0.4 is 5.32 Å². The van der Waals surface area contributed by atoms with Crippen molar-refractivity contribution in [3.63, 3.8) is 0 Å². The number of amides is 1. The largest absolute Gasteiger partial charge is 0.507 e. The molecule has 0 fully saturated rings. The number of rotatable bonds is 3. The Kier molecular flexibility index (Phi) is 3.85. The van der Waals surface area contributed by atoms with E-state index in [0.29, 0.717) is 10.7 Å². The summed E-state index contributed by atoms with van der Waals surface area (Å²) >= 11 is 1.45. The molecule has 1 aromatic carbocycles. The lowest BCUT2D eigenvalue weighted by Gasteiger charge is -2.06. The molecule has 19 heavy (non-hydrogen) atoms. The lowest BCUT2D eigenvalue weighted by atomic mass is 10.1. The molecule has 0 saturated carbocycles. The number of aromatic nitrogens is 1. The van der Waals surface area contributed by atoms with E-state index in [-0.39, 0.29) is 17.2 Å². The Balaban J connectivity index is 2.23. The van der Waals surface area contributed by atoms with Gasteiger partial charge in [0.15, 0.2) is 5.13 Å². The summed E-state index contributed by atoms with van der Waals surface area (Å²) in [6.07, 6.45) is 0.841. The fourth-order valence-electron chi connectivity index (χ4n) is 1.82. The van der Waals surface area contributed by atoms with Crippen LogP contribution in [-0.4, -0.2) is 16.0 Å². The van der Waals surface area contributed by atoms with Crippen molar-refractivity contribution in [3.05, 3.63) is 39.9 Å². The molecule has 2 aromatic rings. The van der Waals surface area contributed by atoms with Gasteiger partial charge < -0.3 is 5.11 Å². The SMILES string of the molecule is CCc1nc(NC(=O)c2cccc(C)c2O)sc1C. The van der Waals surface area contributed by atoms with Crippen LogP contribution in [0.25, 0.3) is 0 Å². The van der Waals surface area contributed by atoms with Crippen LogP contribution in [-0.2, 0) is 6.42 Å². The van der Waals surface area contributed by atoms with E-state index < -0.39 is 0 Å². The molecule has 1 heterocycles. The summed E-state index contributed by atoms with van der Waals surface area (Å²) in [5.41, 5.74) is 1.94. The van der Waals surface area contributed by atoms with Crippen molar-refractivity contribution in [2.45, 2.75) is 27.2 Å². The molecule has 2 rings (SSSR count). The Labute approximate surface area is 116 Å². The molecule has 0 radical (unpaired) electrons. The van der Waals surface area contributed by atoms with Crippen molar-refractivity contribution in [2.24, 2.45) is 0 Å². The first-order valence-electron chi connectivity index (χ1n) is 6.09. The molecule has 100 valence electrons. The third kappa shape index (κ3) is 2.76. The zero-order chi connectivity index (χ0) is 14.0. The summed E-state index contributed by atoms with van der Waals surface area (Å²) in [5, 5.41) is 13.2. The number of phenols is 1. The van der Waals surface area contributed by atoms with Gasteiger partial charge in [-0.15, -0.1) is 11.3 Å². The number of nitrogens with zero attached hydrogens (tertiary/aromatic N) is 1. The summed E-state index contributed by atoms with van der Waals surface area (Å²) in [6.45, 7) is 5.77. The van der Waals surface area contributed by atoms with Crippen molar-refractivity contribution in [1.29, 1.82) is 0 Å². The molecule has 1 aromatic heterocycles. The van der Waals surface area contributed by atoms with E-state index in [9.17, 15) is 9.90 Å². The number of aromatic hydroxyl groups is 1. The van der Waals surface area contributed by atoms with Crippen molar-refractivity contribution in [1.82, 2.24) is 4.98 Å². The first-order chi connectivity index (χ1) is 9.02. The molecule has 1 amide bonds. The van der Waals surface area contributed by atoms with Gasteiger partial charge in [0.2, 0.25) is 0 Å². The standard InChI is InChI=1S/C14H16N2O2S/c1-4-11-9(3)19-14(15-11)16-13(18)10-7-5-6-8(2)12(10)17/h5-7,17H,4H2,1-3H3,(H,15,16,18). The highest BCUT2D eigenvalue weighted by Crippen LogP contribution is 2.25. The van der Waals surface area contributed by atoms with Gasteiger partial charge in [-0.2, -0.15) is 0 Å². The van der Waals surface area contributed by atoms with E-state index in [0.717, 1.165) is 17.0 Å². The Morgan fingerprint density at radius 1 is 1.42 bits per heavy atom. The molecule has 4 nitrogen and oxygen atoms in total. The summed E-state index contributed by atoms with van der Waals surface area (Å²) in [4.78, 5) is 17.5. The van der Waals surface area contributed by atoms with E-state index in [4.69, 9.17) is 0 Å². The number of nitrogens with one attached hydrogen (secondary N) is 1. The van der Waals surface area contributed by atoms with Gasteiger partial charge >= 0.3 is 0 Å². The van der Waals surface area contributed by atoms with Crippen LogP contribution in [0.1, 0.15) is 33.4 Å². The maximum absolute atomic E-state index is 12.1. The third-order valence-electron chi connectivity index (χ3n) is 2.93. The first kappa shape index (κ1) is 13.5.